The van der Waals surface area contributed by atoms with Crippen molar-refractivity contribution in [2.75, 3.05) is 13.7 Å². The molecule has 2 rings (SSSR count). The Balaban J connectivity index is 2.40. The second-order valence-electron chi connectivity index (χ2n) is 5.06. The summed E-state index contributed by atoms with van der Waals surface area (Å²) in [5.41, 5.74) is 3.20. The first-order chi connectivity index (χ1) is 8.55. The Morgan fingerprint density at radius 2 is 2.00 bits per heavy atom. The Kier molecular flexibility index (Phi) is 3.58. The van der Waals surface area contributed by atoms with Crippen molar-refractivity contribution in [3.8, 4) is 5.75 Å². The lowest BCUT2D eigenvalue weighted by Gasteiger charge is -2.26. The van der Waals surface area contributed by atoms with Gasteiger partial charge in [0.2, 0.25) is 0 Å². The highest BCUT2D eigenvalue weighted by molar-refractivity contribution is 5.37. The minimum absolute atomic E-state index is 0.345. The van der Waals surface area contributed by atoms with E-state index in [4.69, 9.17) is 9.47 Å². The average molecular weight is 244 g/mol. The fourth-order valence-corrected chi connectivity index (χ4v) is 2.41. The number of ether oxygens (including phenoxy) is 2. The van der Waals surface area contributed by atoms with Gasteiger partial charge in [0.05, 0.1) is 13.7 Å². The number of allylic oxidation sites excluding steroid dienone is 1. The van der Waals surface area contributed by atoms with Crippen molar-refractivity contribution < 1.29 is 9.47 Å². The van der Waals surface area contributed by atoms with Gasteiger partial charge in [0, 0.05) is 6.42 Å². The fourth-order valence-electron chi connectivity index (χ4n) is 2.41. The van der Waals surface area contributed by atoms with Gasteiger partial charge in [-0.3, -0.25) is 0 Å². The molecule has 0 unspecified atom stereocenters. The number of rotatable bonds is 3. The van der Waals surface area contributed by atoms with E-state index in [1.165, 1.54) is 5.57 Å². The van der Waals surface area contributed by atoms with Crippen LogP contribution in [0.4, 0.5) is 0 Å². The van der Waals surface area contributed by atoms with Gasteiger partial charge in [0.15, 0.2) is 0 Å². The third-order valence-corrected chi connectivity index (χ3v) is 3.15. The summed E-state index contributed by atoms with van der Waals surface area (Å²) in [7, 11) is 1.68. The van der Waals surface area contributed by atoms with Crippen LogP contribution in [0.5, 0.6) is 5.75 Å². The van der Waals surface area contributed by atoms with Crippen LogP contribution in [-0.4, -0.2) is 13.7 Å². The fraction of sp³-hybridized carbons (Fsp3) is 0.375. The van der Waals surface area contributed by atoms with E-state index < -0.39 is 0 Å². The Hall–Kier alpha value is -1.54. The van der Waals surface area contributed by atoms with Crippen molar-refractivity contribution in [1.82, 2.24) is 0 Å². The summed E-state index contributed by atoms with van der Waals surface area (Å²) in [5.74, 6) is 0.864. The third kappa shape index (κ3) is 2.49. The molecule has 2 heteroatoms. The van der Waals surface area contributed by atoms with Crippen molar-refractivity contribution in [3.63, 3.8) is 0 Å². The molecule has 0 amide bonds. The summed E-state index contributed by atoms with van der Waals surface area (Å²) in [5, 5.41) is 0. The van der Waals surface area contributed by atoms with Gasteiger partial charge in [-0.25, -0.2) is 0 Å². The van der Waals surface area contributed by atoms with Crippen LogP contribution in [0.25, 0.3) is 0 Å². The van der Waals surface area contributed by atoms with Gasteiger partial charge in [-0.15, -0.1) is 0 Å². The van der Waals surface area contributed by atoms with Gasteiger partial charge in [-0.2, -0.15) is 0 Å². The maximum Gasteiger partial charge on any atom is 0.118 e. The van der Waals surface area contributed by atoms with E-state index in [9.17, 15) is 0 Å². The molecule has 1 aliphatic heterocycles. The number of benzene rings is 1. The number of hydrogen-bond acceptors (Lipinski definition) is 2. The lowest BCUT2D eigenvalue weighted by atomic mass is 9.88. The monoisotopic (exact) mass is 244 g/mol. The Morgan fingerprint density at radius 1 is 1.33 bits per heavy atom. The molecule has 0 spiro atoms. The first-order valence-electron chi connectivity index (χ1n) is 6.17. The minimum atomic E-state index is -0.345. The molecule has 1 fully saturated rings. The number of methoxy groups -OCH3 is 1. The van der Waals surface area contributed by atoms with E-state index in [1.807, 2.05) is 12.1 Å². The zero-order valence-corrected chi connectivity index (χ0v) is 11.3. The molecule has 0 aromatic heterocycles. The zero-order valence-electron chi connectivity index (χ0n) is 11.3. The van der Waals surface area contributed by atoms with Crippen LogP contribution in [0.15, 0.2) is 48.1 Å². The molecule has 1 atom stereocenters. The summed E-state index contributed by atoms with van der Waals surface area (Å²) in [4.78, 5) is 0. The molecule has 0 radical (unpaired) electrons. The van der Waals surface area contributed by atoms with Crippen LogP contribution in [0.1, 0.15) is 25.8 Å². The Bertz CT molecular complexity index is 466. The van der Waals surface area contributed by atoms with Crippen molar-refractivity contribution in [3.05, 3.63) is 53.6 Å². The van der Waals surface area contributed by atoms with E-state index in [2.05, 4.69) is 38.6 Å². The second kappa shape index (κ2) is 4.99. The van der Waals surface area contributed by atoms with Gasteiger partial charge in [-0.05, 0) is 43.2 Å². The summed E-state index contributed by atoms with van der Waals surface area (Å²) in [6, 6.07) is 8.08. The molecular formula is C16H20O2. The smallest absolute Gasteiger partial charge is 0.118 e. The predicted octanol–water partition coefficient (Wildman–Crippen LogP) is 3.83. The SMILES string of the molecule is C=C1CO[C@@](C=C(C)C)(c2ccc(OC)cc2)C1. The van der Waals surface area contributed by atoms with Gasteiger partial charge in [-0.1, -0.05) is 24.3 Å². The quantitative estimate of drug-likeness (QED) is 0.752. The highest BCUT2D eigenvalue weighted by Crippen LogP contribution is 2.40. The number of hydrogen-bond donors (Lipinski definition) is 0. The molecule has 1 aliphatic rings. The molecule has 0 N–H and O–H groups in total. The topological polar surface area (TPSA) is 18.5 Å². The Labute approximate surface area is 109 Å². The zero-order chi connectivity index (χ0) is 13.2. The lowest BCUT2D eigenvalue weighted by Crippen LogP contribution is -2.22. The standard InChI is InChI=1S/C16H20O2/c1-12(2)9-16(10-13(3)11-18-16)14-5-7-15(17-4)8-6-14/h5-9H,3,10-11H2,1-2,4H3/t16-/m1/s1. The van der Waals surface area contributed by atoms with E-state index in [1.54, 1.807) is 7.11 Å². The van der Waals surface area contributed by atoms with E-state index in [0.29, 0.717) is 6.61 Å². The van der Waals surface area contributed by atoms with Crippen LogP contribution in [-0.2, 0) is 10.3 Å². The molecule has 0 bridgehead atoms. The molecule has 0 aliphatic carbocycles. The molecule has 0 saturated carbocycles. The molecule has 18 heavy (non-hydrogen) atoms. The lowest BCUT2D eigenvalue weighted by molar-refractivity contribution is 0.0433. The van der Waals surface area contributed by atoms with Crippen LogP contribution in [0.3, 0.4) is 0 Å². The van der Waals surface area contributed by atoms with Crippen LogP contribution >= 0.6 is 0 Å². The van der Waals surface area contributed by atoms with Crippen molar-refractivity contribution >= 4 is 0 Å². The molecule has 96 valence electrons. The minimum Gasteiger partial charge on any atom is -0.497 e. The maximum absolute atomic E-state index is 6.01. The van der Waals surface area contributed by atoms with Gasteiger partial charge in [0.25, 0.3) is 0 Å². The predicted molar refractivity (Wildman–Crippen MR) is 73.8 cm³/mol. The summed E-state index contributed by atoms with van der Waals surface area (Å²) in [6.07, 6.45) is 3.04. The van der Waals surface area contributed by atoms with Gasteiger partial charge < -0.3 is 9.47 Å². The van der Waals surface area contributed by atoms with E-state index >= 15 is 0 Å². The molecule has 1 saturated heterocycles. The third-order valence-electron chi connectivity index (χ3n) is 3.15. The molecule has 1 aromatic rings. The first-order valence-corrected chi connectivity index (χ1v) is 6.17. The normalized spacial score (nSPS) is 22.9. The largest absolute Gasteiger partial charge is 0.497 e. The molecule has 1 aromatic carbocycles. The van der Waals surface area contributed by atoms with Gasteiger partial charge >= 0.3 is 0 Å². The maximum atomic E-state index is 6.01. The van der Waals surface area contributed by atoms with Crippen LogP contribution in [0.2, 0.25) is 0 Å². The average Bonchev–Trinajstić information content (AvgIpc) is 2.71. The van der Waals surface area contributed by atoms with Gasteiger partial charge in [0.1, 0.15) is 11.4 Å². The van der Waals surface area contributed by atoms with E-state index in [0.717, 1.165) is 23.3 Å². The second-order valence-corrected chi connectivity index (χ2v) is 5.06. The Morgan fingerprint density at radius 3 is 2.44 bits per heavy atom. The van der Waals surface area contributed by atoms with Crippen LogP contribution in [0, 0.1) is 0 Å². The summed E-state index contributed by atoms with van der Waals surface area (Å²) in [6.45, 7) is 8.86. The molecule has 2 nitrogen and oxygen atoms in total. The highest BCUT2D eigenvalue weighted by atomic mass is 16.5. The first kappa shape index (κ1) is 12.9. The van der Waals surface area contributed by atoms with E-state index in [-0.39, 0.29) is 5.60 Å². The summed E-state index contributed by atoms with van der Waals surface area (Å²) < 4.78 is 11.2. The van der Waals surface area contributed by atoms with Crippen molar-refractivity contribution in [1.29, 1.82) is 0 Å². The van der Waals surface area contributed by atoms with Crippen LogP contribution < -0.4 is 4.74 Å². The van der Waals surface area contributed by atoms with Crippen molar-refractivity contribution in [2.45, 2.75) is 25.9 Å². The highest BCUT2D eigenvalue weighted by Gasteiger charge is 2.36. The molecule has 1 heterocycles. The van der Waals surface area contributed by atoms with Crippen molar-refractivity contribution in [2.24, 2.45) is 0 Å². The summed E-state index contributed by atoms with van der Waals surface area (Å²) >= 11 is 0. The molecular weight excluding hydrogens is 224 g/mol.